The van der Waals surface area contributed by atoms with Crippen LogP contribution in [0.2, 0.25) is 0 Å². The molecule has 0 atom stereocenters. The van der Waals surface area contributed by atoms with Gasteiger partial charge in [-0.05, 0) is 30.3 Å². The van der Waals surface area contributed by atoms with Gasteiger partial charge in [-0.1, -0.05) is 0 Å². The number of carbonyl (C=O) groups excluding carboxylic acids is 1. The third kappa shape index (κ3) is 1.87. The topological polar surface area (TPSA) is 51.3 Å². The molecule has 0 spiro atoms. The van der Waals surface area contributed by atoms with Crippen molar-refractivity contribution in [3.05, 3.63) is 36.1 Å². The van der Waals surface area contributed by atoms with Gasteiger partial charge in [0.25, 0.3) is 0 Å². The van der Waals surface area contributed by atoms with Crippen LogP contribution in [0.5, 0.6) is 0 Å². The van der Waals surface area contributed by atoms with Gasteiger partial charge in [0.15, 0.2) is 17.8 Å². The molecule has 2 aromatic heterocycles. The number of carbonyl (C=O) groups is 1. The highest BCUT2D eigenvalue weighted by Crippen LogP contribution is 2.31. The fraction of sp³-hybridized carbons (Fsp3) is 0.200. The van der Waals surface area contributed by atoms with E-state index in [4.69, 9.17) is 4.42 Å². The highest BCUT2D eigenvalue weighted by Gasteiger charge is 2.15. The Kier molecular flexibility index (Phi) is 2.82. The van der Waals surface area contributed by atoms with Gasteiger partial charge in [0, 0.05) is 32.2 Å². The third-order valence-corrected chi connectivity index (χ3v) is 3.31. The van der Waals surface area contributed by atoms with Crippen LogP contribution in [0.1, 0.15) is 10.6 Å². The molecule has 3 rings (SSSR count). The predicted molar refractivity (Wildman–Crippen MR) is 78.1 cm³/mol. The molecule has 0 N–H and O–H groups in total. The maximum Gasteiger partial charge on any atom is 0.185 e. The van der Waals surface area contributed by atoms with Crippen molar-refractivity contribution in [3.63, 3.8) is 0 Å². The molecule has 20 heavy (non-hydrogen) atoms. The van der Waals surface area contributed by atoms with Crippen LogP contribution in [0, 0.1) is 0 Å². The zero-order valence-electron chi connectivity index (χ0n) is 11.6. The monoisotopic (exact) mass is 269 g/mol. The molecule has 2 heterocycles. The Hall–Kier alpha value is -2.56. The van der Waals surface area contributed by atoms with E-state index in [9.17, 15) is 4.79 Å². The molecule has 0 amide bonds. The lowest BCUT2D eigenvalue weighted by molar-refractivity contribution is 0.110. The van der Waals surface area contributed by atoms with E-state index >= 15 is 0 Å². The number of hydrogen-bond donors (Lipinski definition) is 0. The van der Waals surface area contributed by atoms with Gasteiger partial charge in [0.05, 0.1) is 5.52 Å². The van der Waals surface area contributed by atoms with Crippen molar-refractivity contribution in [1.82, 2.24) is 9.78 Å². The van der Waals surface area contributed by atoms with Gasteiger partial charge < -0.3 is 9.32 Å². The molecule has 0 unspecified atom stereocenters. The number of aryl methyl sites for hydroxylation is 1. The second-order valence-corrected chi connectivity index (χ2v) is 4.89. The van der Waals surface area contributed by atoms with Crippen LogP contribution in [0.4, 0.5) is 5.69 Å². The molecule has 0 fully saturated rings. The minimum absolute atomic E-state index is 0.318. The molecular formula is C15H15N3O2. The van der Waals surface area contributed by atoms with Gasteiger partial charge in [-0.25, -0.2) is 0 Å². The Morgan fingerprint density at radius 2 is 2.05 bits per heavy atom. The first-order valence-electron chi connectivity index (χ1n) is 6.29. The predicted octanol–water partition coefficient (Wildman–Crippen LogP) is 2.71. The SMILES string of the molecule is CN(C)c1ccc2nn(C)c(-c3ccc(C=O)o3)c2c1. The Labute approximate surface area is 116 Å². The zero-order chi connectivity index (χ0) is 14.3. The number of aldehydes is 1. The lowest BCUT2D eigenvalue weighted by Gasteiger charge is -2.11. The number of hydrogen-bond acceptors (Lipinski definition) is 4. The van der Waals surface area contributed by atoms with Crippen molar-refractivity contribution >= 4 is 22.9 Å². The van der Waals surface area contributed by atoms with Crippen molar-refractivity contribution in [1.29, 1.82) is 0 Å². The Bertz CT molecular complexity index is 784. The van der Waals surface area contributed by atoms with Crippen LogP contribution in [0.3, 0.4) is 0 Å². The molecule has 0 radical (unpaired) electrons. The van der Waals surface area contributed by atoms with Crippen LogP contribution in [0.15, 0.2) is 34.7 Å². The van der Waals surface area contributed by atoms with Crippen LogP contribution < -0.4 is 4.90 Å². The number of anilines is 1. The average molecular weight is 269 g/mol. The highest BCUT2D eigenvalue weighted by atomic mass is 16.3. The first-order chi connectivity index (χ1) is 9.60. The van der Waals surface area contributed by atoms with E-state index in [-0.39, 0.29) is 0 Å². The van der Waals surface area contributed by atoms with Crippen LogP contribution in [0.25, 0.3) is 22.4 Å². The van der Waals surface area contributed by atoms with Crippen molar-refractivity contribution in [3.8, 4) is 11.5 Å². The van der Waals surface area contributed by atoms with E-state index in [0.717, 1.165) is 22.3 Å². The highest BCUT2D eigenvalue weighted by molar-refractivity contribution is 5.94. The normalized spacial score (nSPS) is 10.9. The molecule has 0 saturated carbocycles. The fourth-order valence-electron chi connectivity index (χ4n) is 2.30. The summed E-state index contributed by atoms with van der Waals surface area (Å²) in [6.45, 7) is 0. The largest absolute Gasteiger partial charge is 0.452 e. The standard InChI is InChI=1S/C15H15N3O2/c1-17(2)10-4-6-13-12(8-10)15(18(3)16-13)14-7-5-11(9-19)20-14/h4-9H,1-3H3. The molecule has 0 aliphatic rings. The molecule has 1 aromatic carbocycles. The third-order valence-electron chi connectivity index (χ3n) is 3.31. The molecule has 5 heteroatoms. The van der Waals surface area contributed by atoms with E-state index in [2.05, 4.69) is 11.2 Å². The van der Waals surface area contributed by atoms with Gasteiger partial charge >= 0.3 is 0 Å². The number of fused-ring (bicyclic) bond motifs is 1. The maximum atomic E-state index is 10.8. The first-order valence-corrected chi connectivity index (χ1v) is 6.29. The number of aromatic nitrogens is 2. The summed E-state index contributed by atoms with van der Waals surface area (Å²) >= 11 is 0. The number of benzene rings is 1. The van der Waals surface area contributed by atoms with Gasteiger partial charge in [0.1, 0.15) is 5.69 Å². The van der Waals surface area contributed by atoms with Gasteiger partial charge in [0.2, 0.25) is 0 Å². The van der Waals surface area contributed by atoms with Gasteiger partial charge in [-0.15, -0.1) is 0 Å². The minimum Gasteiger partial charge on any atom is -0.452 e. The van der Waals surface area contributed by atoms with E-state index < -0.39 is 0 Å². The first kappa shape index (κ1) is 12.5. The van der Waals surface area contributed by atoms with Gasteiger partial charge in [-0.3, -0.25) is 9.48 Å². The lowest BCUT2D eigenvalue weighted by atomic mass is 10.1. The maximum absolute atomic E-state index is 10.8. The van der Waals surface area contributed by atoms with Crippen LogP contribution >= 0.6 is 0 Å². The Morgan fingerprint density at radius 1 is 1.25 bits per heavy atom. The molecule has 5 nitrogen and oxygen atoms in total. The minimum atomic E-state index is 0.318. The summed E-state index contributed by atoms with van der Waals surface area (Å²) in [5.41, 5.74) is 2.86. The number of nitrogens with zero attached hydrogens (tertiary/aromatic N) is 3. The molecule has 3 aromatic rings. The summed E-state index contributed by atoms with van der Waals surface area (Å²) in [5, 5.41) is 5.48. The summed E-state index contributed by atoms with van der Waals surface area (Å²) in [4.78, 5) is 12.8. The van der Waals surface area contributed by atoms with E-state index in [1.54, 1.807) is 16.8 Å². The number of rotatable bonds is 3. The number of furan rings is 1. The van der Waals surface area contributed by atoms with Gasteiger partial charge in [-0.2, -0.15) is 5.10 Å². The average Bonchev–Trinajstić information content (AvgIpc) is 3.00. The molecular weight excluding hydrogens is 254 g/mol. The van der Waals surface area contributed by atoms with Crippen LogP contribution in [-0.2, 0) is 7.05 Å². The Balaban J connectivity index is 2.25. The molecule has 0 aliphatic heterocycles. The van der Waals surface area contributed by atoms with E-state index in [1.165, 1.54) is 0 Å². The molecule has 0 bridgehead atoms. The summed E-state index contributed by atoms with van der Waals surface area (Å²) < 4.78 is 7.30. The summed E-state index contributed by atoms with van der Waals surface area (Å²) in [5.74, 6) is 0.964. The Morgan fingerprint density at radius 3 is 2.70 bits per heavy atom. The van der Waals surface area contributed by atoms with Crippen molar-refractivity contribution in [2.24, 2.45) is 7.05 Å². The summed E-state index contributed by atoms with van der Waals surface area (Å²) in [6, 6.07) is 9.54. The second-order valence-electron chi connectivity index (χ2n) is 4.89. The molecule has 0 aliphatic carbocycles. The second kappa shape index (κ2) is 4.52. The van der Waals surface area contributed by atoms with Crippen molar-refractivity contribution in [2.45, 2.75) is 0 Å². The van der Waals surface area contributed by atoms with Crippen molar-refractivity contribution in [2.75, 3.05) is 19.0 Å². The smallest absolute Gasteiger partial charge is 0.185 e. The molecule has 0 saturated heterocycles. The fourth-order valence-corrected chi connectivity index (χ4v) is 2.30. The molecule has 102 valence electrons. The lowest BCUT2D eigenvalue weighted by Crippen LogP contribution is -2.07. The summed E-state index contributed by atoms with van der Waals surface area (Å²) in [6.07, 6.45) is 0.702. The van der Waals surface area contributed by atoms with Crippen LogP contribution in [-0.4, -0.2) is 30.2 Å². The van der Waals surface area contributed by atoms with E-state index in [1.807, 2.05) is 38.2 Å². The quantitative estimate of drug-likeness (QED) is 0.686. The van der Waals surface area contributed by atoms with E-state index in [0.29, 0.717) is 17.8 Å². The van der Waals surface area contributed by atoms with Crippen molar-refractivity contribution < 1.29 is 9.21 Å². The zero-order valence-corrected chi connectivity index (χ0v) is 11.6. The summed E-state index contributed by atoms with van der Waals surface area (Å²) in [7, 11) is 5.86.